The molecule has 0 N–H and O–H groups in total. The minimum atomic E-state index is 0.717. The summed E-state index contributed by atoms with van der Waals surface area (Å²) < 4.78 is 1.74. The van der Waals surface area contributed by atoms with Crippen LogP contribution in [0.3, 0.4) is 0 Å². The van der Waals surface area contributed by atoms with Crippen LogP contribution in [0.15, 0.2) is 36.7 Å². The second kappa shape index (κ2) is 7.47. The van der Waals surface area contributed by atoms with Gasteiger partial charge in [0.05, 0.1) is 5.69 Å². The molecule has 0 aliphatic carbocycles. The molecule has 3 aromatic heterocycles. The average molecular weight is 361 g/mol. The molecule has 0 unspecified atom stereocenters. The number of hydrogen-bond donors (Lipinski definition) is 0. The normalized spacial score (nSPS) is 11.4. The van der Waals surface area contributed by atoms with Gasteiger partial charge < -0.3 is 0 Å². The van der Waals surface area contributed by atoms with Crippen molar-refractivity contribution in [2.75, 3.05) is 0 Å². The predicted molar refractivity (Wildman–Crippen MR) is 99.2 cm³/mol. The smallest absolute Gasteiger partial charge is 0.131 e. The quantitative estimate of drug-likeness (QED) is 0.655. The Morgan fingerprint density at radius 2 is 1.83 bits per heavy atom. The fraction of sp³-hybridized carbons (Fsp3) is 0.333. The minimum absolute atomic E-state index is 0.717. The highest BCUT2D eigenvalue weighted by atomic mass is 35.5. The Hall–Kier alpha value is -1.69. The van der Waals surface area contributed by atoms with E-state index in [-0.39, 0.29) is 0 Å². The first-order valence-corrected chi connectivity index (χ1v) is 9.07. The Labute approximate surface area is 151 Å². The van der Waals surface area contributed by atoms with Gasteiger partial charge in [-0.25, -0.2) is 0 Å². The van der Waals surface area contributed by atoms with Crippen molar-refractivity contribution in [2.24, 2.45) is 7.05 Å². The molecule has 0 fully saturated rings. The summed E-state index contributed by atoms with van der Waals surface area (Å²) in [6.07, 6.45) is 3.68. The first-order chi connectivity index (χ1) is 11.5. The molecule has 4 nitrogen and oxygen atoms in total. The van der Waals surface area contributed by atoms with Crippen molar-refractivity contribution in [1.29, 1.82) is 0 Å². The zero-order chi connectivity index (χ0) is 17.1. The lowest BCUT2D eigenvalue weighted by Crippen LogP contribution is -2.22. The van der Waals surface area contributed by atoms with Gasteiger partial charge >= 0.3 is 0 Å². The molecular weight excluding hydrogens is 340 g/mol. The average Bonchev–Trinajstić information content (AvgIpc) is 3.06. The minimum Gasteiger partial charge on any atom is -0.290 e. The topological polar surface area (TPSA) is 34.0 Å². The molecule has 0 aromatic carbocycles. The van der Waals surface area contributed by atoms with Gasteiger partial charge in [0.2, 0.25) is 0 Å². The molecule has 0 saturated heterocycles. The van der Waals surface area contributed by atoms with E-state index in [0.29, 0.717) is 0 Å². The molecule has 3 heterocycles. The monoisotopic (exact) mass is 360 g/mol. The molecule has 0 aliphatic rings. The zero-order valence-corrected chi connectivity index (χ0v) is 15.7. The number of halogens is 1. The first-order valence-electron chi connectivity index (χ1n) is 7.87. The number of thiophene rings is 1. The highest BCUT2D eigenvalue weighted by Crippen LogP contribution is 2.24. The van der Waals surface area contributed by atoms with Crippen LogP contribution in [0.5, 0.6) is 0 Å². The summed E-state index contributed by atoms with van der Waals surface area (Å²) in [5, 5.41) is 5.15. The van der Waals surface area contributed by atoms with Crippen LogP contribution < -0.4 is 0 Å². The molecule has 0 saturated carbocycles. The van der Waals surface area contributed by atoms with Crippen LogP contribution in [-0.4, -0.2) is 19.7 Å². The van der Waals surface area contributed by atoms with E-state index >= 15 is 0 Å². The van der Waals surface area contributed by atoms with Crippen LogP contribution in [0.25, 0.3) is 0 Å². The summed E-state index contributed by atoms with van der Waals surface area (Å²) >= 11 is 8.28. The molecule has 0 radical (unpaired) electrons. The van der Waals surface area contributed by atoms with Gasteiger partial charge in [0.25, 0.3) is 0 Å². The molecular formula is C18H21ClN4S. The molecule has 3 rings (SSSR count). The SMILES string of the molecule is Cc1ccc(CN(Cc2ccncc2)Cc2c(C)nn(C)c2Cl)s1. The van der Waals surface area contributed by atoms with Gasteiger partial charge in [-0.2, -0.15) is 5.10 Å². The highest BCUT2D eigenvalue weighted by Gasteiger charge is 2.16. The van der Waals surface area contributed by atoms with Gasteiger partial charge in [-0.15, -0.1) is 11.3 Å². The maximum Gasteiger partial charge on any atom is 0.131 e. The van der Waals surface area contributed by atoms with Crippen LogP contribution in [0.2, 0.25) is 5.15 Å². The Morgan fingerprint density at radius 3 is 2.42 bits per heavy atom. The third-order valence-electron chi connectivity index (χ3n) is 3.98. The van der Waals surface area contributed by atoms with Crippen molar-refractivity contribution in [3.8, 4) is 0 Å². The summed E-state index contributed by atoms with van der Waals surface area (Å²) in [6.45, 7) is 6.68. The predicted octanol–water partition coefficient (Wildman–Crippen LogP) is 4.35. The summed E-state index contributed by atoms with van der Waals surface area (Å²) in [4.78, 5) is 9.20. The molecule has 24 heavy (non-hydrogen) atoms. The molecule has 0 bridgehead atoms. The highest BCUT2D eigenvalue weighted by molar-refractivity contribution is 7.11. The Balaban J connectivity index is 1.83. The molecule has 126 valence electrons. The number of rotatable bonds is 6. The first kappa shape index (κ1) is 17.1. The Kier molecular flexibility index (Phi) is 5.33. The second-order valence-electron chi connectivity index (χ2n) is 5.99. The number of nitrogens with zero attached hydrogens (tertiary/aromatic N) is 4. The van der Waals surface area contributed by atoms with E-state index in [0.717, 1.165) is 36.0 Å². The second-order valence-corrected chi connectivity index (χ2v) is 7.72. The van der Waals surface area contributed by atoms with Crippen LogP contribution in [0.1, 0.15) is 26.6 Å². The molecule has 0 atom stereocenters. The van der Waals surface area contributed by atoms with E-state index in [9.17, 15) is 0 Å². The third-order valence-corrected chi connectivity index (χ3v) is 5.44. The van der Waals surface area contributed by atoms with Crippen molar-refractivity contribution >= 4 is 22.9 Å². The van der Waals surface area contributed by atoms with Crippen molar-refractivity contribution in [1.82, 2.24) is 19.7 Å². The molecule has 0 amide bonds. The molecule has 0 aliphatic heterocycles. The van der Waals surface area contributed by atoms with E-state index in [4.69, 9.17) is 11.6 Å². The van der Waals surface area contributed by atoms with Gasteiger partial charge in [0.15, 0.2) is 0 Å². The van der Waals surface area contributed by atoms with Gasteiger partial charge in [-0.1, -0.05) is 11.6 Å². The number of hydrogen-bond acceptors (Lipinski definition) is 4. The van der Waals surface area contributed by atoms with Gasteiger partial charge in [0.1, 0.15) is 5.15 Å². The van der Waals surface area contributed by atoms with Gasteiger partial charge in [0, 0.05) is 54.4 Å². The van der Waals surface area contributed by atoms with Crippen LogP contribution >= 0.6 is 22.9 Å². The Morgan fingerprint density at radius 1 is 1.08 bits per heavy atom. The fourth-order valence-corrected chi connectivity index (χ4v) is 3.95. The maximum atomic E-state index is 6.43. The number of aromatic nitrogens is 3. The van der Waals surface area contributed by atoms with Gasteiger partial charge in [-0.05, 0) is 43.7 Å². The van der Waals surface area contributed by atoms with E-state index in [2.05, 4.69) is 46.2 Å². The van der Waals surface area contributed by atoms with Crippen molar-refractivity contribution in [2.45, 2.75) is 33.5 Å². The van der Waals surface area contributed by atoms with E-state index < -0.39 is 0 Å². The van der Waals surface area contributed by atoms with E-state index in [1.165, 1.54) is 15.3 Å². The lowest BCUT2D eigenvalue weighted by molar-refractivity contribution is 0.249. The third kappa shape index (κ3) is 4.04. The van der Waals surface area contributed by atoms with Crippen LogP contribution in [0.4, 0.5) is 0 Å². The van der Waals surface area contributed by atoms with Crippen molar-refractivity contribution < 1.29 is 0 Å². The summed E-state index contributed by atoms with van der Waals surface area (Å²) in [6, 6.07) is 8.50. The van der Waals surface area contributed by atoms with Crippen LogP contribution in [-0.2, 0) is 26.7 Å². The van der Waals surface area contributed by atoms with E-state index in [1.54, 1.807) is 4.68 Å². The largest absolute Gasteiger partial charge is 0.290 e. The van der Waals surface area contributed by atoms with Crippen molar-refractivity contribution in [3.63, 3.8) is 0 Å². The van der Waals surface area contributed by atoms with Gasteiger partial charge in [-0.3, -0.25) is 14.6 Å². The fourth-order valence-electron chi connectivity index (χ4n) is 2.78. The molecule has 6 heteroatoms. The van der Waals surface area contributed by atoms with Crippen LogP contribution in [0, 0.1) is 13.8 Å². The molecule has 0 spiro atoms. The zero-order valence-electron chi connectivity index (χ0n) is 14.2. The van der Waals surface area contributed by atoms with E-state index in [1.807, 2.05) is 37.7 Å². The lowest BCUT2D eigenvalue weighted by Gasteiger charge is -2.22. The maximum absolute atomic E-state index is 6.43. The Bertz CT molecular complexity index is 810. The number of pyridine rings is 1. The number of aryl methyl sites for hydroxylation is 3. The summed E-state index contributed by atoms with van der Waals surface area (Å²) in [5.74, 6) is 0. The summed E-state index contributed by atoms with van der Waals surface area (Å²) in [5.41, 5.74) is 3.34. The lowest BCUT2D eigenvalue weighted by atomic mass is 10.2. The van der Waals surface area contributed by atoms with Crippen molar-refractivity contribution in [3.05, 3.63) is 68.4 Å². The summed E-state index contributed by atoms with van der Waals surface area (Å²) in [7, 11) is 1.88. The standard InChI is InChI=1S/C18H21ClN4S/c1-13-4-5-16(24-13)11-23(10-15-6-8-20-9-7-15)12-17-14(2)21-22(3)18(17)19/h4-9H,10-12H2,1-3H3. The molecule has 3 aromatic rings.